The van der Waals surface area contributed by atoms with Crippen molar-refractivity contribution in [3.05, 3.63) is 35.9 Å². The molecule has 1 heterocycles. The molecule has 0 aliphatic carbocycles. The third-order valence-electron chi connectivity index (χ3n) is 4.26. The molecule has 3 unspecified atom stereocenters. The number of aliphatic carboxylic acids is 1. The topological polar surface area (TPSA) is 83.6 Å². The highest BCUT2D eigenvalue weighted by Crippen LogP contribution is 2.28. The summed E-state index contributed by atoms with van der Waals surface area (Å²) in [5.74, 6) is -1.35. The van der Waals surface area contributed by atoms with Gasteiger partial charge in [0.15, 0.2) is 0 Å². The third-order valence-corrected chi connectivity index (χ3v) is 4.26. The lowest BCUT2D eigenvalue weighted by Gasteiger charge is -2.41. The summed E-state index contributed by atoms with van der Waals surface area (Å²) in [6, 6.07) is 8.29. The van der Waals surface area contributed by atoms with Crippen molar-refractivity contribution >= 4 is 11.9 Å². The molecule has 1 aliphatic heterocycles. The number of benzene rings is 1. The molecule has 3 N–H and O–H groups in total. The van der Waals surface area contributed by atoms with E-state index in [9.17, 15) is 14.7 Å². The number of carbonyl (C=O) groups is 2. The highest BCUT2D eigenvalue weighted by atomic mass is 16.4. The number of likely N-dealkylation sites (tertiary alicyclic amines) is 1. The number of hydrogen-bond acceptors (Lipinski definition) is 3. The van der Waals surface area contributed by atoms with Crippen molar-refractivity contribution in [1.82, 2.24) is 4.90 Å². The van der Waals surface area contributed by atoms with Gasteiger partial charge in [0.25, 0.3) is 0 Å². The third kappa shape index (κ3) is 2.93. The summed E-state index contributed by atoms with van der Waals surface area (Å²) < 4.78 is 0. The predicted octanol–water partition coefficient (Wildman–Crippen LogP) is 1.57. The average molecular weight is 290 g/mol. The van der Waals surface area contributed by atoms with Crippen molar-refractivity contribution in [2.24, 2.45) is 11.7 Å². The van der Waals surface area contributed by atoms with Crippen LogP contribution < -0.4 is 5.73 Å². The maximum Gasteiger partial charge on any atom is 0.326 e. The quantitative estimate of drug-likeness (QED) is 0.885. The summed E-state index contributed by atoms with van der Waals surface area (Å²) in [5.41, 5.74) is 5.71. The number of carbonyl (C=O) groups excluding carboxylic acids is 1. The Hall–Kier alpha value is -1.88. The lowest BCUT2D eigenvalue weighted by atomic mass is 9.86. The highest BCUT2D eigenvalue weighted by molar-refractivity contribution is 5.91. The molecule has 0 spiro atoms. The molecule has 1 saturated heterocycles. The van der Waals surface area contributed by atoms with E-state index in [1.807, 2.05) is 25.1 Å². The average Bonchev–Trinajstić information content (AvgIpc) is 2.46. The Kier molecular flexibility index (Phi) is 4.32. The minimum Gasteiger partial charge on any atom is -0.480 e. The maximum atomic E-state index is 12.8. The Labute approximate surface area is 124 Å². The van der Waals surface area contributed by atoms with Crippen LogP contribution in [-0.2, 0) is 15.1 Å². The van der Waals surface area contributed by atoms with Crippen LogP contribution in [0.5, 0.6) is 0 Å². The number of rotatable bonds is 3. The second-order valence-corrected chi connectivity index (χ2v) is 5.97. The first kappa shape index (κ1) is 15.5. The van der Waals surface area contributed by atoms with Crippen LogP contribution in [0.3, 0.4) is 0 Å². The Bertz CT molecular complexity index is 528. The fourth-order valence-electron chi connectivity index (χ4n) is 3.00. The van der Waals surface area contributed by atoms with Crippen LogP contribution in [0.15, 0.2) is 30.3 Å². The molecule has 5 nitrogen and oxygen atoms in total. The van der Waals surface area contributed by atoms with Gasteiger partial charge in [-0.1, -0.05) is 37.3 Å². The van der Waals surface area contributed by atoms with Crippen molar-refractivity contribution < 1.29 is 14.7 Å². The number of nitrogens with zero attached hydrogens (tertiary/aromatic N) is 1. The molecule has 1 aliphatic rings. The van der Waals surface area contributed by atoms with Crippen molar-refractivity contribution in [3.63, 3.8) is 0 Å². The van der Waals surface area contributed by atoms with Crippen LogP contribution in [0.2, 0.25) is 0 Å². The predicted molar refractivity (Wildman–Crippen MR) is 79.5 cm³/mol. The molecule has 1 amide bonds. The number of carboxylic acids is 1. The van der Waals surface area contributed by atoms with Gasteiger partial charge in [0, 0.05) is 6.54 Å². The number of hydrogen-bond donors (Lipinski definition) is 2. The molecule has 1 fully saturated rings. The van der Waals surface area contributed by atoms with Crippen LogP contribution >= 0.6 is 0 Å². The van der Waals surface area contributed by atoms with E-state index in [0.29, 0.717) is 12.1 Å². The van der Waals surface area contributed by atoms with Gasteiger partial charge in [-0.3, -0.25) is 4.79 Å². The van der Waals surface area contributed by atoms with Crippen molar-refractivity contribution in [2.45, 2.75) is 38.3 Å². The van der Waals surface area contributed by atoms with Crippen molar-refractivity contribution in [3.8, 4) is 0 Å². The molecule has 21 heavy (non-hydrogen) atoms. The maximum absolute atomic E-state index is 12.8. The van der Waals surface area contributed by atoms with E-state index in [0.717, 1.165) is 12.8 Å². The van der Waals surface area contributed by atoms with E-state index >= 15 is 0 Å². The minimum absolute atomic E-state index is 0.0632. The summed E-state index contributed by atoms with van der Waals surface area (Å²) in [5, 5.41) is 9.43. The van der Waals surface area contributed by atoms with Crippen LogP contribution in [-0.4, -0.2) is 34.5 Å². The zero-order valence-electron chi connectivity index (χ0n) is 12.5. The van der Waals surface area contributed by atoms with Gasteiger partial charge in [0.1, 0.15) is 11.6 Å². The Morgan fingerprint density at radius 1 is 1.33 bits per heavy atom. The summed E-state index contributed by atoms with van der Waals surface area (Å²) >= 11 is 0. The molecule has 0 saturated carbocycles. The van der Waals surface area contributed by atoms with Gasteiger partial charge in [0.2, 0.25) is 5.91 Å². The van der Waals surface area contributed by atoms with Crippen molar-refractivity contribution in [2.75, 3.05) is 6.54 Å². The summed E-state index contributed by atoms with van der Waals surface area (Å²) in [7, 11) is 0. The van der Waals surface area contributed by atoms with Crippen LogP contribution in [0, 0.1) is 5.92 Å². The lowest BCUT2D eigenvalue weighted by molar-refractivity contribution is -0.157. The SMILES string of the molecule is CC1CCCN(C(=O)C(C)(N)c2ccccc2)C1C(=O)O. The first-order chi connectivity index (χ1) is 9.85. The molecule has 0 radical (unpaired) electrons. The molecule has 0 aromatic heterocycles. The molecular weight excluding hydrogens is 268 g/mol. The van der Waals surface area contributed by atoms with E-state index in [4.69, 9.17) is 5.73 Å². The van der Waals surface area contributed by atoms with Gasteiger partial charge in [-0.25, -0.2) is 4.79 Å². The molecular formula is C16H22N2O3. The number of nitrogens with two attached hydrogens (primary N) is 1. The van der Waals surface area contributed by atoms with Crippen LogP contribution in [0.4, 0.5) is 0 Å². The van der Waals surface area contributed by atoms with Gasteiger partial charge in [0.05, 0.1) is 0 Å². The molecule has 114 valence electrons. The minimum atomic E-state index is -1.22. The number of carboxylic acid groups (broad SMARTS) is 1. The second-order valence-electron chi connectivity index (χ2n) is 5.97. The number of piperidine rings is 1. The van der Waals surface area contributed by atoms with Gasteiger partial charge in [-0.2, -0.15) is 0 Å². The fraction of sp³-hybridized carbons (Fsp3) is 0.500. The zero-order valence-corrected chi connectivity index (χ0v) is 12.5. The molecule has 0 bridgehead atoms. The zero-order chi connectivity index (χ0) is 15.6. The Morgan fingerprint density at radius 2 is 1.95 bits per heavy atom. The number of amides is 1. The van der Waals surface area contributed by atoms with Crippen LogP contribution in [0.1, 0.15) is 32.3 Å². The van der Waals surface area contributed by atoms with E-state index in [1.165, 1.54) is 4.90 Å². The summed E-state index contributed by atoms with van der Waals surface area (Å²) in [6.45, 7) is 3.96. The molecule has 1 aromatic carbocycles. The van der Waals surface area contributed by atoms with Gasteiger partial charge >= 0.3 is 5.97 Å². The molecule has 3 atom stereocenters. The van der Waals surface area contributed by atoms with E-state index in [1.54, 1.807) is 19.1 Å². The molecule has 5 heteroatoms. The largest absolute Gasteiger partial charge is 0.480 e. The highest BCUT2D eigenvalue weighted by Gasteiger charge is 2.43. The fourth-order valence-corrected chi connectivity index (χ4v) is 3.00. The molecule has 1 aromatic rings. The standard InChI is InChI=1S/C16H22N2O3/c1-11-7-6-10-18(13(11)14(19)20)15(21)16(2,17)12-8-4-3-5-9-12/h3-5,8-9,11,13H,6-7,10,17H2,1-2H3,(H,19,20). The van der Waals surface area contributed by atoms with E-state index in [2.05, 4.69) is 0 Å². The van der Waals surface area contributed by atoms with Crippen LogP contribution in [0.25, 0.3) is 0 Å². The normalized spacial score (nSPS) is 25.2. The van der Waals surface area contributed by atoms with Gasteiger partial charge in [-0.05, 0) is 31.2 Å². The van der Waals surface area contributed by atoms with E-state index < -0.39 is 17.6 Å². The summed E-state index contributed by atoms with van der Waals surface area (Å²) in [6.07, 6.45) is 1.62. The summed E-state index contributed by atoms with van der Waals surface area (Å²) in [4.78, 5) is 25.8. The Morgan fingerprint density at radius 3 is 2.52 bits per heavy atom. The first-order valence-corrected chi connectivity index (χ1v) is 7.24. The van der Waals surface area contributed by atoms with Crippen molar-refractivity contribution in [1.29, 1.82) is 0 Å². The van der Waals surface area contributed by atoms with Gasteiger partial charge in [-0.15, -0.1) is 0 Å². The van der Waals surface area contributed by atoms with E-state index in [-0.39, 0.29) is 11.8 Å². The first-order valence-electron chi connectivity index (χ1n) is 7.24. The monoisotopic (exact) mass is 290 g/mol. The lowest BCUT2D eigenvalue weighted by Crippen LogP contribution is -2.59. The second kappa shape index (κ2) is 5.85. The molecule has 2 rings (SSSR count). The smallest absolute Gasteiger partial charge is 0.326 e. The van der Waals surface area contributed by atoms with Gasteiger partial charge < -0.3 is 15.7 Å². The Balaban J connectivity index is 2.31.